The number of nitrogens with zero attached hydrogens (tertiary/aromatic N) is 1. The lowest BCUT2D eigenvalue weighted by molar-refractivity contribution is 0.567. The zero-order valence-corrected chi connectivity index (χ0v) is 5.16. The van der Waals surface area contributed by atoms with E-state index in [1.165, 1.54) is 0 Å². The van der Waals surface area contributed by atoms with Gasteiger partial charge >= 0.3 is 0 Å². The molecule has 1 heterocycles. The van der Waals surface area contributed by atoms with Gasteiger partial charge in [0.05, 0.1) is 18.2 Å². The summed E-state index contributed by atoms with van der Waals surface area (Å²) < 4.78 is 4.80. The fourth-order valence-electron chi connectivity index (χ4n) is 0.545. The molecule has 0 aliphatic heterocycles. The van der Waals surface area contributed by atoms with Gasteiger partial charge in [0.1, 0.15) is 0 Å². The molecule has 9 heavy (non-hydrogen) atoms. The number of hydrazone groups is 1. The second-order valence-corrected chi connectivity index (χ2v) is 1.73. The third-order valence-corrected chi connectivity index (χ3v) is 1.13. The number of hydrogen-bond acceptors (Lipinski definition) is 3. The minimum atomic E-state index is 0.781. The first-order valence-corrected chi connectivity index (χ1v) is 2.61. The van der Waals surface area contributed by atoms with Gasteiger partial charge in [-0.3, -0.25) is 0 Å². The molecule has 0 bridgehead atoms. The fourth-order valence-corrected chi connectivity index (χ4v) is 0.545. The van der Waals surface area contributed by atoms with E-state index in [-0.39, 0.29) is 0 Å². The Morgan fingerprint density at radius 3 is 3.00 bits per heavy atom. The quantitative estimate of drug-likeness (QED) is 0.344. The Kier molecular flexibility index (Phi) is 1.53. The van der Waals surface area contributed by atoms with E-state index >= 15 is 0 Å². The smallest absolute Gasteiger partial charge is 0.0993 e. The molecule has 3 nitrogen and oxygen atoms in total. The van der Waals surface area contributed by atoms with Crippen LogP contribution in [-0.4, -0.2) is 5.71 Å². The van der Waals surface area contributed by atoms with Gasteiger partial charge in [0, 0.05) is 5.56 Å². The lowest BCUT2D eigenvalue weighted by atomic mass is 10.2. The number of furan rings is 1. The largest absolute Gasteiger partial charge is 0.472 e. The molecule has 0 unspecified atom stereocenters. The summed E-state index contributed by atoms with van der Waals surface area (Å²) in [7, 11) is 0. The summed E-state index contributed by atoms with van der Waals surface area (Å²) >= 11 is 0. The van der Waals surface area contributed by atoms with Gasteiger partial charge in [-0.25, -0.2) is 0 Å². The molecule has 0 aromatic carbocycles. The molecule has 1 rings (SSSR count). The number of nitrogens with two attached hydrogens (primary N) is 1. The van der Waals surface area contributed by atoms with Crippen LogP contribution in [0.4, 0.5) is 0 Å². The molecular formula is C6H8N2O. The van der Waals surface area contributed by atoms with Gasteiger partial charge in [0.25, 0.3) is 0 Å². The molecule has 0 fully saturated rings. The van der Waals surface area contributed by atoms with Crippen LogP contribution < -0.4 is 5.84 Å². The van der Waals surface area contributed by atoms with Gasteiger partial charge < -0.3 is 10.3 Å². The zero-order chi connectivity index (χ0) is 6.69. The first-order valence-electron chi connectivity index (χ1n) is 2.61. The van der Waals surface area contributed by atoms with Crippen molar-refractivity contribution in [3.63, 3.8) is 0 Å². The van der Waals surface area contributed by atoms with Gasteiger partial charge in [0.15, 0.2) is 0 Å². The molecule has 0 amide bonds. The van der Waals surface area contributed by atoms with Crippen molar-refractivity contribution in [2.24, 2.45) is 10.9 Å². The predicted octanol–water partition coefficient (Wildman–Crippen LogP) is 0.962. The normalized spacial score (nSPS) is 11.9. The van der Waals surface area contributed by atoms with Crippen molar-refractivity contribution < 1.29 is 4.42 Å². The van der Waals surface area contributed by atoms with Crippen LogP contribution in [0.3, 0.4) is 0 Å². The first-order chi connectivity index (χ1) is 4.34. The van der Waals surface area contributed by atoms with Gasteiger partial charge in [-0.1, -0.05) is 0 Å². The van der Waals surface area contributed by atoms with E-state index in [2.05, 4.69) is 5.10 Å². The Morgan fingerprint density at radius 2 is 2.56 bits per heavy atom. The summed E-state index contributed by atoms with van der Waals surface area (Å²) in [6.45, 7) is 1.82. The van der Waals surface area contributed by atoms with Crippen molar-refractivity contribution in [1.82, 2.24) is 0 Å². The maximum absolute atomic E-state index is 5.01. The lowest BCUT2D eigenvalue weighted by Crippen LogP contribution is -1.95. The van der Waals surface area contributed by atoms with Crippen LogP contribution in [-0.2, 0) is 0 Å². The Balaban J connectivity index is 2.90. The van der Waals surface area contributed by atoms with E-state index in [4.69, 9.17) is 10.3 Å². The van der Waals surface area contributed by atoms with E-state index in [0.29, 0.717) is 0 Å². The van der Waals surface area contributed by atoms with Crippen molar-refractivity contribution >= 4 is 5.71 Å². The zero-order valence-electron chi connectivity index (χ0n) is 5.16. The highest BCUT2D eigenvalue weighted by Gasteiger charge is 1.94. The van der Waals surface area contributed by atoms with E-state index in [1.54, 1.807) is 12.5 Å². The van der Waals surface area contributed by atoms with Crippen LogP contribution in [0.15, 0.2) is 28.1 Å². The fraction of sp³-hybridized carbons (Fsp3) is 0.167. The topological polar surface area (TPSA) is 51.5 Å². The van der Waals surface area contributed by atoms with Crippen LogP contribution in [0.2, 0.25) is 0 Å². The molecule has 48 valence electrons. The molecule has 0 atom stereocenters. The van der Waals surface area contributed by atoms with Crippen molar-refractivity contribution in [3.05, 3.63) is 24.2 Å². The Labute approximate surface area is 53.2 Å². The third kappa shape index (κ3) is 1.10. The average Bonchev–Trinajstić information content (AvgIpc) is 2.37. The lowest BCUT2D eigenvalue weighted by Gasteiger charge is -1.87. The van der Waals surface area contributed by atoms with Crippen LogP contribution in [0.5, 0.6) is 0 Å². The summed E-state index contributed by atoms with van der Waals surface area (Å²) in [5.41, 5.74) is 1.71. The Hall–Kier alpha value is -1.25. The van der Waals surface area contributed by atoms with Crippen LogP contribution in [0.25, 0.3) is 0 Å². The summed E-state index contributed by atoms with van der Waals surface area (Å²) in [6, 6.07) is 1.81. The molecule has 3 heteroatoms. The minimum Gasteiger partial charge on any atom is -0.472 e. The molecule has 0 spiro atoms. The maximum Gasteiger partial charge on any atom is 0.0993 e. The molecule has 0 aliphatic carbocycles. The van der Waals surface area contributed by atoms with E-state index in [9.17, 15) is 0 Å². The van der Waals surface area contributed by atoms with Crippen molar-refractivity contribution in [2.45, 2.75) is 6.92 Å². The number of hydrogen-bond donors (Lipinski definition) is 1. The van der Waals surface area contributed by atoms with Crippen LogP contribution in [0.1, 0.15) is 12.5 Å². The highest BCUT2D eigenvalue weighted by atomic mass is 16.3. The van der Waals surface area contributed by atoms with Crippen molar-refractivity contribution in [3.8, 4) is 0 Å². The Morgan fingerprint density at radius 1 is 1.78 bits per heavy atom. The molecule has 0 aliphatic rings. The van der Waals surface area contributed by atoms with Gasteiger partial charge in [0.2, 0.25) is 0 Å². The van der Waals surface area contributed by atoms with Gasteiger partial charge in [-0.05, 0) is 13.0 Å². The van der Waals surface area contributed by atoms with Gasteiger partial charge in [-0.2, -0.15) is 5.10 Å². The van der Waals surface area contributed by atoms with E-state index < -0.39 is 0 Å². The average molecular weight is 124 g/mol. The molecule has 0 saturated carbocycles. The highest BCUT2D eigenvalue weighted by Crippen LogP contribution is 1.99. The highest BCUT2D eigenvalue weighted by molar-refractivity contribution is 5.98. The van der Waals surface area contributed by atoms with E-state index in [1.807, 2.05) is 13.0 Å². The first kappa shape index (κ1) is 5.88. The summed E-state index contributed by atoms with van der Waals surface area (Å²) in [4.78, 5) is 0. The number of rotatable bonds is 1. The third-order valence-electron chi connectivity index (χ3n) is 1.13. The van der Waals surface area contributed by atoms with Crippen LogP contribution >= 0.6 is 0 Å². The summed E-state index contributed by atoms with van der Waals surface area (Å²) in [5.74, 6) is 5.01. The standard InChI is InChI=1S/C6H8N2O/c1-5(8-7)6-2-3-9-4-6/h2-4H,7H2,1H3/b8-5-. The second-order valence-electron chi connectivity index (χ2n) is 1.73. The summed E-state index contributed by atoms with van der Waals surface area (Å²) in [6.07, 6.45) is 3.19. The van der Waals surface area contributed by atoms with Crippen molar-refractivity contribution in [1.29, 1.82) is 0 Å². The monoisotopic (exact) mass is 124 g/mol. The second kappa shape index (κ2) is 2.35. The molecule has 2 N–H and O–H groups in total. The molecule has 0 saturated heterocycles. The van der Waals surface area contributed by atoms with Crippen molar-refractivity contribution in [2.75, 3.05) is 0 Å². The predicted molar refractivity (Wildman–Crippen MR) is 35.1 cm³/mol. The summed E-state index contributed by atoms with van der Waals surface area (Å²) in [5, 5.41) is 3.49. The molecule has 0 radical (unpaired) electrons. The van der Waals surface area contributed by atoms with Gasteiger partial charge in [-0.15, -0.1) is 0 Å². The molecule has 1 aromatic rings. The molecule has 1 aromatic heterocycles. The Bertz CT molecular complexity index is 201. The van der Waals surface area contributed by atoms with E-state index in [0.717, 1.165) is 11.3 Å². The SMILES string of the molecule is C/C(=N/N)c1ccoc1. The molecular weight excluding hydrogens is 116 g/mol. The minimum absolute atomic E-state index is 0.781. The maximum atomic E-state index is 5.01. The van der Waals surface area contributed by atoms with Crippen LogP contribution in [0, 0.1) is 0 Å².